The van der Waals surface area contributed by atoms with E-state index in [0.717, 1.165) is 29.7 Å². The highest BCUT2D eigenvalue weighted by Crippen LogP contribution is 2.14. The van der Waals surface area contributed by atoms with E-state index in [1.54, 1.807) is 18.5 Å². The van der Waals surface area contributed by atoms with Gasteiger partial charge in [-0.15, -0.1) is 0 Å². The predicted octanol–water partition coefficient (Wildman–Crippen LogP) is 2.39. The summed E-state index contributed by atoms with van der Waals surface area (Å²) in [6.07, 6.45) is 4.41. The van der Waals surface area contributed by atoms with Gasteiger partial charge in [0.15, 0.2) is 0 Å². The minimum Gasteiger partial charge on any atom is -0.465 e. The summed E-state index contributed by atoms with van der Waals surface area (Å²) < 4.78 is 6.72. The standard InChI is InChI=1S/C23H26N4O3/c1-26(2)12-5-13-30-23(29)15-18-6-3-7-19(14-18)17-27-22(28)10-9-21(25-27)20-8-4-11-24-16-20/h3-4,6-11,14,16H,5,12-13,15,17H2,1-2H3. The third-order valence-corrected chi connectivity index (χ3v) is 4.51. The lowest BCUT2D eigenvalue weighted by Crippen LogP contribution is -2.23. The van der Waals surface area contributed by atoms with Crippen molar-refractivity contribution in [1.29, 1.82) is 0 Å². The van der Waals surface area contributed by atoms with E-state index >= 15 is 0 Å². The number of benzene rings is 1. The molecule has 0 fully saturated rings. The molecule has 0 radical (unpaired) electrons. The summed E-state index contributed by atoms with van der Waals surface area (Å²) in [7, 11) is 3.97. The molecule has 156 valence electrons. The van der Waals surface area contributed by atoms with E-state index in [0.29, 0.717) is 18.8 Å². The van der Waals surface area contributed by atoms with Gasteiger partial charge in [0, 0.05) is 30.6 Å². The van der Waals surface area contributed by atoms with Gasteiger partial charge in [-0.2, -0.15) is 5.10 Å². The predicted molar refractivity (Wildman–Crippen MR) is 115 cm³/mol. The zero-order valence-corrected chi connectivity index (χ0v) is 17.3. The van der Waals surface area contributed by atoms with E-state index in [1.807, 2.05) is 50.5 Å². The van der Waals surface area contributed by atoms with Crippen molar-refractivity contribution in [3.63, 3.8) is 0 Å². The Morgan fingerprint density at radius 1 is 1.10 bits per heavy atom. The van der Waals surface area contributed by atoms with Gasteiger partial charge in [-0.1, -0.05) is 24.3 Å². The van der Waals surface area contributed by atoms with Crippen molar-refractivity contribution in [1.82, 2.24) is 19.7 Å². The van der Waals surface area contributed by atoms with Crippen LogP contribution in [0.25, 0.3) is 11.3 Å². The molecule has 0 bridgehead atoms. The second kappa shape index (κ2) is 10.5. The van der Waals surface area contributed by atoms with Gasteiger partial charge in [0.05, 0.1) is 25.3 Å². The van der Waals surface area contributed by atoms with Crippen LogP contribution in [0.4, 0.5) is 0 Å². The Hall–Kier alpha value is -3.32. The number of pyridine rings is 1. The number of carbonyl (C=O) groups excluding carboxylic acids is 1. The normalized spacial score (nSPS) is 10.9. The SMILES string of the molecule is CN(C)CCCOC(=O)Cc1cccc(Cn2nc(-c3cccnc3)ccc2=O)c1. The molecule has 0 saturated carbocycles. The second-order valence-electron chi connectivity index (χ2n) is 7.33. The average molecular weight is 406 g/mol. The summed E-state index contributed by atoms with van der Waals surface area (Å²) >= 11 is 0. The fraction of sp³-hybridized carbons (Fsp3) is 0.304. The summed E-state index contributed by atoms with van der Waals surface area (Å²) in [5.74, 6) is -0.250. The van der Waals surface area contributed by atoms with E-state index in [2.05, 4.69) is 15.0 Å². The molecule has 0 saturated heterocycles. The van der Waals surface area contributed by atoms with Crippen molar-refractivity contribution in [2.45, 2.75) is 19.4 Å². The zero-order valence-electron chi connectivity index (χ0n) is 17.3. The molecule has 0 N–H and O–H groups in total. The summed E-state index contributed by atoms with van der Waals surface area (Å²) in [5.41, 5.74) is 3.08. The first-order valence-corrected chi connectivity index (χ1v) is 9.88. The molecule has 0 aliphatic carbocycles. The van der Waals surface area contributed by atoms with Gasteiger partial charge < -0.3 is 9.64 Å². The number of carbonyl (C=O) groups is 1. The lowest BCUT2D eigenvalue weighted by Gasteiger charge is -2.10. The second-order valence-corrected chi connectivity index (χ2v) is 7.33. The Labute approximate surface area is 175 Å². The molecule has 2 heterocycles. The van der Waals surface area contributed by atoms with E-state index in [9.17, 15) is 9.59 Å². The molecule has 0 atom stereocenters. The maximum absolute atomic E-state index is 12.3. The Kier molecular flexibility index (Phi) is 7.45. The van der Waals surface area contributed by atoms with Crippen LogP contribution in [0.15, 0.2) is 65.7 Å². The number of aromatic nitrogens is 3. The molecule has 1 aromatic carbocycles. The van der Waals surface area contributed by atoms with Crippen LogP contribution in [0.2, 0.25) is 0 Å². The summed E-state index contributed by atoms with van der Waals surface area (Å²) in [4.78, 5) is 30.5. The van der Waals surface area contributed by atoms with Crippen LogP contribution < -0.4 is 5.56 Å². The van der Waals surface area contributed by atoms with Crippen LogP contribution in [0.5, 0.6) is 0 Å². The molecule has 0 amide bonds. The minimum atomic E-state index is -0.250. The van der Waals surface area contributed by atoms with Crippen LogP contribution in [0, 0.1) is 0 Å². The van der Waals surface area contributed by atoms with Gasteiger partial charge in [-0.25, -0.2) is 4.68 Å². The van der Waals surface area contributed by atoms with Crippen molar-refractivity contribution in [2.24, 2.45) is 0 Å². The number of ether oxygens (including phenoxy) is 1. The fourth-order valence-electron chi connectivity index (χ4n) is 3.03. The number of hydrogen-bond acceptors (Lipinski definition) is 6. The molecule has 3 rings (SSSR count). The molecular weight excluding hydrogens is 380 g/mol. The third kappa shape index (κ3) is 6.35. The maximum atomic E-state index is 12.3. The van der Waals surface area contributed by atoms with Crippen LogP contribution >= 0.6 is 0 Å². The quantitative estimate of drug-likeness (QED) is 0.401. The zero-order chi connectivity index (χ0) is 21.3. The van der Waals surface area contributed by atoms with Crippen molar-refractivity contribution >= 4 is 5.97 Å². The molecule has 0 aliphatic rings. The Morgan fingerprint density at radius 2 is 1.93 bits per heavy atom. The third-order valence-electron chi connectivity index (χ3n) is 4.51. The van der Waals surface area contributed by atoms with Crippen molar-refractivity contribution in [3.05, 3.63) is 82.4 Å². The lowest BCUT2D eigenvalue weighted by atomic mass is 10.1. The molecule has 7 nitrogen and oxygen atoms in total. The molecular formula is C23H26N4O3. The number of hydrogen-bond donors (Lipinski definition) is 0. The van der Waals surface area contributed by atoms with Gasteiger partial charge in [-0.3, -0.25) is 14.6 Å². The topological polar surface area (TPSA) is 77.3 Å². The summed E-state index contributed by atoms with van der Waals surface area (Å²) in [5, 5.41) is 4.46. The first kappa shape index (κ1) is 21.4. The highest BCUT2D eigenvalue weighted by atomic mass is 16.5. The number of rotatable bonds is 9. The highest BCUT2D eigenvalue weighted by molar-refractivity contribution is 5.72. The first-order valence-electron chi connectivity index (χ1n) is 9.88. The average Bonchev–Trinajstić information content (AvgIpc) is 2.73. The summed E-state index contributed by atoms with van der Waals surface area (Å²) in [6, 6.07) is 14.5. The lowest BCUT2D eigenvalue weighted by molar-refractivity contribution is -0.143. The molecule has 7 heteroatoms. The van der Waals surface area contributed by atoms with Crippen LogP contribution in [-0.4, -0.2) is 52.9 Å². The van der Waals surface area contributed by atoms with Crippen LogP contribution in [-0.2, 0) is 22.5 Å². The van der Waals surface area contributed by atoms with Crippen LogP contribution in [0.1, 0.15) is 17.5 Å². The molecule has 30 heavy (non-hydrogen) atoms. The smallest absolute Gasteiger partial charge is 0.310 e. The van der Waals surface area contributed by atoms with E-state index in [4.69, 9.17) is 4.74 Å². The highest BCUT2D eigenvalue weighted by Gasteiger charge is 2.08. The molecule has 3 aromatic rings. The monoisotopic (exact) mass is 406 g/mol. The maximum Gasteiger partial charge on any atom is 0.310 e. The van der Waals surface area contributed by atoms with Crippen molar-refractivity contribution < 1.29 is 9.53 Å². The largest absolute Gasteiger partial charge is 0.465 e. The molecule has 0 unspecified atom stereocenters. The molecule has 2 aromatic heterocycles. The first-order chi connectivity index (χ1) is 14.5. The van der Waals surface area contributed by atoms with Crippen molar-refractivity contribution in [2.75, 3.05) is 27.2 Å². The van der Waals surface area contributed by atoms with Crippen molar-refractivity contribution in [3.8, 4) is 11.3 Å². The van der Waals surface area contributed by atoms with Gasteiger partial charge in [0.2, 0.25) is 0 Å². The number of nitrogens with zero attached hydrogens (tertiary/aromatic N) is 4. The van der Waals surface area contributed by atoms with E-state index in [-0.39, 0.29) is 17.9 Å². The fourth-order valence-corrected chi connectivity index (χ4v) is 3.03. The van der Waals surface area contributed by atoms with Gasteiger partial charge in [-0.05, 0) is 49.8 Å². The molecule has 0 aliphatic heterocycles. The van der Waals surface area contributed by atoms with Crippen LogP contribution in [0.3, 0.4) is 0 Å². The van der Waals surface area contributed by atoms with E-state index < -0.39 is 0 Å². The molecule has 0 spiro atoms. The van der Waals surface area contributed by atoms with Gasteiger partial charge in [0.25, 0.3) is 5.56 Å². The Balaban J connectivity index is 1.65. The number of esters is 1. The Bertz CT molecular complexity index is 1030. The van der Waals surface area contributed by atoms with Gasteiger partial charge >= 0.3 is 5.97 Å². The van der Waals surface area contributed by atoms with E-state index in [1.165, 1.54) is 10.7 Å². The van der Waals surface area contributed by atoms with Gasteiger partial charge in [0.1, 0.15) is 0 Å². The minimum absolute atomic E-state index is 0.187. The Morgan fingerprint density at radius 3 is 2.70 bits per heavy atom. The summed E-state index contributed by atoms with van der Waals surface area (Å²) in [6.45, 7) is 1.61.